The van der Waals surface area contributed by atoms with E-state index in [2.05, 4.69) is 35.2 Å². The topological polar surface area (TPSA) is 82.8 Å². The summed E-state index contributed by atoms with van der Waals surface area (Å²) < 4.78 is 7.37. The van der Waals surface area contributed by atoms with Crippen molar-refractivity contribution in [2.45, 2.75) is 44.6 Å². The van der Waals surface area contributed by atoms with Crippen molar-refractivity contribution >= 4 is 21.6 Å². The van der Waals surface area contributed by atoms with Crippen LogP contribution in [0.5, 0.6) is 0 Å². The minimum atomic E-state index is -0.386. The average molecular weight is 317 g/mol. The number of nitrogens with zero attached hydrogens (tertiary/aromatic N) is 4. The van der Waals surface area contributed by atoms with Crippen LogP contribution >= 0.6 is 11.3 Å². The molecule has 1 fully saturated rings. The van der Waals surface area contributed by atoms with E-state index in [1.807, 2.05) is 11.7 Å². The van der Waals surface area contributed by atoms with E-state index < -0.39 is 0 Å². The summed E-state index contributed by atoms with van der Waals surface area (Å²) in [5, 5.41) is 9.86. The Bertz CT molecular complexity index is 839. The maximum absolute atomic E-state index is 6.26. The molecule has 7 heteroatoms. The van der Waals surface area contributed by atoms with E-state index in [1.54, 1.807) is 11.3 Å². The molecule has 0 aliphatic heterocycles. The van der Waals surface area contributed by atoms with E-state index in [1.165, 1.54) is 5.39 Å². The molecule has 1 saturated carbocycles. The van der Waals surface area contributed by atoms with E-state index in [4.69, 9.17) is 10.3 Å². The maximum Gasteiger partial charge on any atom is 0.268 e. The fourth-order valence-electron chi connectivity index (χ4n) is 2.91. The molecule has 0 unspecified atom stereocenters. The largest absolute Gasteiger partial charge is 0.333 e. The highest BCUT2D eigenvalue weighted by molar-refractivity contribution is 7.21. The molecule has 6 nitrogen and oxygen atoms in total. The molecule has 0 radical (unpaired) electrons. The molecule has 0 aromatic carbocycles. The van der Waals surface area contributed by atoms with Crippen molar-refractivity contribution in [1.29, 1.82) is 0 Å². The Morgan fingerprint density at radius 2 is 2.18 bits per heavy atom. The van der Waals surface area contributed by atoms with E-state index in [0.29, 0.717) is 17.6 Å². The zero-order chi connectivity index (χ0) is 15.5. The highest BCUT2D eigenvalue weighted by atomic mass is 32.1. The van der Waals surface area contributed by atoms with Gasteiger partial charge < -0.3 is 10.3 Å². The molecule has 0 spiro atoms. The number of thiophene rings is 1. The Kier molecular flexibility index (Phi) is 2.93. The zero-order valence-corrected chi connectivity index (χ0v) is 13.8. The van der Waals surface area contributed by atoms with Crippen molar-refractivity contribution in [3.05, 3.63) is 17.6 Å². The number of hydrogen-bond acceptors (Lipinski definition) is 6. The van der Waals surface area contributed by atoms with Gasteiger partial charge in [0.15, 0.2) is 5.82 Å². The van der Waals surface area contributed by atoms with Crippen molar-refractivity contribution in [3.8, 4) is 10.8 Å². The Morgan fingerprint density at radius 1 is 1.41 bits per heavy atom. The van der Waals surface area contributed by atoms with Gasteiger partial charge >= 0.3 is 0 Å². The SMILES string of the molecule is CC(C)c1nn(C)c2sc(-c3nc(C4(N)CCC4)no3)cc12. The molecule has 116 valence electrons. The van der Waals surface area contributed by atoms with E-state index in [-0.39, 0.29) is 5.54 Å². The molecule has 1 aliphatic rings. The smallest absolute Gasteiger partial charge is 0.268 e. The molecule has 0 saturated heterocycles. The molecule has 22 heavy (non-hydrogen) atoms. The second kappa shape index (κ2) is 4.63. The number of rotatable bonds is 3. The lowest BCUT2D eigenvalue weighted by molar-refractivity contribution is 0.229. The fourth-order valence-corrected chi connectivity index (χ4v) is 3.91. The molecule has 4 rings (SSSR count). The Balaban J connectivity index is 1.77. The van der Waals surface area contributed by atoms with Crippen LogP contribution in [0.3, 0.4) is 0 Å². The lowest BCUT2D eigenvalue weighted by atomic mass is 9.77. The highest BCUT2D eigenvalue weighted by Crippen LogP contribution is 2.40. The van der Waals surface area contributed by atoms with Crippen LogP contribution in [-0.4, -0.2) is 19.9 Å². The first-order valence-corrected chi connectivity index (χ1v) is 8.39. The van der Waals surface area contributed by atoms with Gasteiger partial charge in [-0.25, -0.2) is 0 Å². The second-order valence-electron chi connectivity index (χ2n) is 6.43. The summed E-state index contributed by atoms with van der Waals surface area (Å²) in [5.74, 6) is 1.57. The molecule has 0 atom stereocenters. The van der Waals surface area contributed by atoms with Crippen LogP contribution in [0, 0.1) is 0 Å². The summed E-state index contributed by atoms with van der Waals surface area (Å²) in [6, 6.07) is 2.10. The fraction of sp³-hybridized carbons (Fsp3) is 0.533. The van der Waals surface area contributed by atoms with Crippen LogP contribution in [0.4, 0.5) is 0 Å². The molecular weight excluding hydrogens is 298 g/mol. The standard InChI is InChI=1S/C15H19N5OS/c1-8(2)11-9-7-10(22-13(9)20(3)18-11)12-17-14(19-21-12)15(16)5-4-6-15/h7-8H,4-6,16H2,1-3H3. The predicted octanol–water partition coefficient (Wildman–Crippen LogP) is 3.15. The van der Waals surface area contributed by atoms with Crippen molar-refractivity contribution < 1.29 is 4.52 Å². The van der Waals surface area contributed by atoms with Crippen molar-refractivity contribution in [2.75, 3.05) is 0 Å². The third kappa shape index (κ3) is 1.92. The van der Waals surface area contributed by atoms with Gasteiger partial charge in [-0.15, -0.1) is 11.3 Å². The maximum atomic E-state index is 6.26. The quantitative estimate of drug-likeness (QED) is 0.802. The summed E-state index contributed by atoms with van der Waals surface area (Å²) in [5.41, 5.74) is 6.98. The van der Waals surface area contributed by atoms with Gasteiger partial charge in [-0.05, 0) is 31.2 Å². The Labute approximate surface area is 132 Å². The van der Waals surface area contributed by atoms with Gasteiger partial charge in [0, 0.05) is 12.4 Å². The monoisotopic (exact) mass is 317 g/mol. The summed E-state index contributed by atoms with van der Waals surface area (Å²) in [6.45, 7) is 4.30. The van der Waals surface area contributed by atoms with Gasteiger partial charge in [0.1, 0.15) is 4.83 Å². The van der Waals surface area contributed by atoms with Crippen molar-refractivity contribution in [1.82, 2.24) is 19.9 Å². The summed E-state index contributed by atoms with van der Waals surface area (Å²) in [6.07, 6.45) is 2.99. The van der Waals surface area contributed by atoms with Gasteiger partial charge in [0.25, 0.3) is 5.89 Å². The van der Waals surface area contributed by atoms with E-state index >= 15 is 0 Å². The van der Waals surface area contributed by atoms with Crippen LogP contribution in [0.25, 0.3) is 21.0 Å². The van der Waals surface area contributed by atoms with Crippen molar-refractivity contribution in [3.63, 3.8) is 0 Å². The number of fused-ring (bicyclic) bond motifs is 1. The molecule has 0 amide bonds. The Morgan fingerprint density at radius 3 is 2.82 bits per heavy atom. The normalized spacial score (nSPS) is 17.3. The minimum Gasteiger partial charge on any atom is -0.333 e. The molecule has 3 aromatic rings. The third-order valence-corrected chi connectivity index (χ3v) is 5.60. The van der Waals surface area contributed by atoms with Gasteiger partial charge in [0.05, 0.1) is 16.1 Å². The molecule has 1 aliphatic carbocycles. The minimum absolute atomic E-state index is 0.381. The van der Waals surface area contributed by atoms with Gasteiger partial charge in [0.2, 0.25) is 0 Å². The molecule has 3 aromatic heterocycles. The molecule has 0 bridgehead atoms. The number of aryl methyl sites for hydroxylation is 1. The first kappa shape index (κ1) is 13.9. The van der Waals surface area contributed by atoms with Gasteiger partial charge in [-0.2, -0.15) is 10.1 Å². The number of nitrogens with two attached hydrogens (primary N) is 1. The second-order valence-corrected chi connectivity index (χ2v) is 7.46. The van der Waals surface area contributed by atoms with Crippen LogP contribution in [0.15, 0.2) is 10.6 Å². The predicted molar refractivity (Wildman–Crippen MR) is 85.7 cm³/mol. The van der Waals surface area contributed by atoms with Gasteiger partial charge in [-0.3, -0.25) is 4.68 Å². The average Bonchev–Trinajstić information content (AvgIpc) is 3.11. The van der Waals surface area contributed by atoms with Gasteiger partial charge in [-0.1, -0.05) is 19.0 Å². The molecule has 3 heterocycles. The summed E-state index contributed by atoms with van der Waals surface area (Å²) in [7, 11) is 1.97. The van der Waals surface area contributed by atoms with E-state index in [0.717, 1.165) is 34.7 Å². The van der Waals surface area contributed by atoms with Crippen LogP contribution in [0.2, 0.25) is 0 Å². The lowest BCUT2D eigenvalue weighted by Gasteiger charge is -2.34. The first-order valence-electron chi connectivity index (χ1n) is 7.58. The van der Waals surface area contributed by atoms with Crippen molar-refractivity contribution in [2.24, 2.45) is 12.8 Å². The number of hydrogen-bond donors (Lipinski definition) is 1. The van der Waals surface area contributed by atoms with Crippen LogP contribution < -0.4 is 5.73 Å². The number of aromatic nitrogens is 4. The lowest BCUT2D eigenvalue weighted by Crippen LogP contribution is -2.44. The zero-order valence-electron chi connectivity index (χ0n) is 13.0. The molecular formula is C15H19N5OS. The molecule has 2 N–H and O–H groups in total. The third-order valence-electron chi connectivity index (χ3n) is 4.41. The summed E-state index contributed by atoms with van der Waals surface area (Å²) in [4.78, 5) is 6.64. The van der Waals surface area contributed by atoms with Crippen LogP contribution in [-0.2, 0) is 12.6 Å². The Hall–Kier alpha value is -1.73. The first-order chi connectivity index (χ1) is 10.5. The summed E-state index contributed by atoms with van der Waals surface area (Å²) >= 11 is 1.63. The van der Waals surface area contributed by atoms with E-state index in [9.17, 15) is 0 Å². The van der Waals surface area contributed by atoms with Crippen LogP contribution in [0.1, 0.15) is 50.5 Å². The highest BCUT2D eigenvalue weighted by Gasteiger charge is 2.39.